The topological polar surface area (TPSA) is 46.0 Å². The molecule has 0 aromatic carbocycles. The molecular weight excluding hydrogens is 252 g/mol. The highest BCUT2D eigenvalue weighted by Gasteiger charge is 2.27. The summed E-state index contributed by atoms with van der Waals surface area (Å²) in [6, 6.07) is 3.99. The highest BCUT2D eigenvalue weighted by atomic mass is 32.1. The van der Waals surface area contributed by atoms with Gasteiger partial charge in [-0.05, 0) is 30.6 Å². The van der Waals surface area contributed by atoms with Crippen molar-refractivity contribution in [2.75, 3.05) is 0 Å². The second-order valence-electron chi connectivity index (χ2n) is 5.09. The smallest absolute Gasteiger partial charge is 0.126 e. The first-order chi connectivity index (χ1) is 7.89. The molecule has 1 unspecified atom stereocenters. The van der Waals surface area contributed by atoms with Gasteiger partial charge in [0, 0.05) is 15.2 Å². The van der Waals surface area contributed by atoms with Gasteiger partial charge in [-0.25, -0.2) is 0 Å². The van der Waals surface area contributed by atoms with E-state index < -0.39 is 6.10 Å². The van der Waals surface area contributed by atoms with E-state index in [1.807, 2.05) is 19.1 Å². The SMILES string of the molecule is Cc1ccc(C(O)c2snnc2C(C)(C)C)s1. The standard InChI is InChI=1S/C12H16N2OS2/c1-7-5-6-8(16-7)9(15)10-11(12(2,3)4)13-14-17-10/h5-6,9,15H,1-4H3. The second kappa shape index (κ2) is 4.48. The van der Waals surface area contributed by atoms with Gasteiger partial charge in [0.2, 0.25) is 0 Å². The zero-order valence-corrected chi connectivity index (χ0v) is 12.0. The molecule has 0 fully saturated rings. The number of thiophene rings is 1. The molecule has 2 aromatic rings. The number of rotatable bonds is 2. The molecule has 5 heteroatoms. The van der Waals surface area contributed by atoms with Crippen LogP contribution in [0.5, 0.6) is 0 Å². The van der Waals surface area contributed by atoms with Crippen molar-refractivity contribution in [1.82, 2.24) is 9.59 Å². The molecule has 0 spiro atoms. The van der Waals surface area contributed by atoms with Crippen molar-refractivity contribution in [1.29, 1.82) is 0 Å². The summed E-state index contributed by atoms with van der Waals surface area (Å²) in [7, 11) is 0. The van der Waals surface area contributed by atoms with Gasteiger partial charge in [-0.1, -0.05) is 25.3 Å². The van der Waals surface area contributed by atoms with E-state index in [2.05, 4.69) is 30.4 Å². The van der Waals surface area contributed by atoms with E-state index in [9.17, 15) is 5.11 Å². The molecule has 0 saturated carbocycles. The van der Waals surface area contributed by atoms with Crippen molar-refractivity contribution in [2.24, 2.45) is 0 Å². The number of aryl methyl sites for hydroxylation is 1. The van der Waals surface area contributed by atoms with Crippen LogP contribution in [-0.2, 0) is 5.41 Å². The highest BCUT2D eigenvalue weighted by molar-refractivity contribution is 7.12. The van der Waals surface area contributed by atoms with Crippen LogP contribution in [-0.4, -0.2) is 14.7 Å². The van der Waals surface area contributed by atoms with Crippen LogP contribution in [0.4, 0.5) is 0 Å². The fraction of sp³-hybridized carbons (Fsp3) is 0.500. The largest absolute Gasteiger partial charge is 0.382 e. The van der Waals surface area contributed by atoms with Crippen molar-refractivity contribution in [3.8, 4) is 0 Å². The van der Waals surface area contributed by atoms with Crippen LogP contribution >= 0.6 is 22.9 Å². The number of aliphatic hydroxyl groups is 1. The molecule has 1 atom stereocenters. The summed E-state index contributed by atoms with van der Waals surface area (Å²) < 4.78 is 3.98. The highest BCUT2D eigenvalue weighted by Crippen LogP contribution is 2.35. The molecule has 17 heavy (non-hydrogen) atoms. The number of nitrogens with zero attached hydrogens (tertiary/aromatic N) is 2. The maximum Gasteiger partial charge on any atom is 0.126 e. The van der Waals surface area contributed by atoms with Crippen LogP contribution in [0.15, 0.2) is 12.1 Å². The Hall–Kier alpha value is -0.780. The Morgan fingerprint density at radius 1 is 1.29 bits per heavy atom. The molecule has 3 nitrogen and oxygen atoms in total. The Bertz CT molecular complexity index is 511. The molecular formula is C12H16N2OS2. The molecule has 0 aliphatic carbocycles. The van der Waals surface area contributed by atoms with Gasteiger partial charge in [-0.2, -0.15) is 0 Å². The summed E-state index contributed by atoms with van der Waals surface area (Å²) >= 11 is 2.90. The maximum atomic E-state index is 10.4. The molecule has 2 heterocycles. The van der Waals surface area contributed by atoms with Crippen molar-refractivity contribution in [3.63, 3.8) is 0 Å². The average Bonchev–Trinajstić information content (AvgIpc) is 2.83. The fourth-order valence-electron chi connectivity index (χ4n) is 1.63. The number of hydrogen-bond donors (Lipinski definition) is 1. The summed E-state index contributed by atoms with van der Waals surface area (Å²) in [5, 5.41) is 14.5. The number of hydrogen-bond acceptors (Lipinski definition) is 5. The normalized spacial score (nSPS) is 13.9. The van der Waals surface area contributed by atoms with Gasteiger partial charge in [-0.15, -0.1) is 16.4 Å². The van der Waals surface area contributed by atoms with E-state index in [0.29, 0.717) is 0 Å². The van der Waals surface area contributed by atoms with Crippen LogP contribution in [0.1, 0.15) is 47.2 Å². The zero-order chi connectivity index (χ0) is 12.6. The van der Waals surface area contributed by atoms with Crippen LogP contribution < -0.4 is 0 Å². The predicted molar refractivity (Wildman–Crippen MR) is 71.7 cm³/mol. The molecule has 92 valence electrons. The van der Waals surface area contributed by atoms with Crippen molar-refractivity contribution >= 4 is 22.9 Å². The Morgan fingerprint density at radius 2 is 2.00 bits per heavy atom. The van der Waals surface area contributed by atoms with Gasteiger partial charge in [0.15, 0.2) is 0 Å². The van der Waals surface area contributed by atoms with E-state index in [1.165, 1.54) is 16.4 Å². The van der Waals surface area contributed by atoms with E-state index >= 15 is 0 Å². The molecule has 0 saturated heterocycles. The van der Waals surface area contributed by atoms with Crippen LogP contribution in [0.3, 0.4) is 0 Å². The summed E-state index contributed by atoms with van der Waals surface area (Å²) in [6.45, 7) is 8.29. The van der Waals surface area contributed by atoms with E-state index in [4.69, 9.17) is 0 Å². The lowest BCUT2D eigenvalue weighted by Crippen LogP contribution is -2.15. The Labute approximate surface area is 109 Å². The lowest BCUT2D eigenvalue weighted by atomic mass is 9.90. The van der Waals surface area contributed by atoms with E-state index in [1.54, 1.807) is 11.3 Å². The van der Waals surface area contributed by atoms with E-state index in [0.717, 1.165) is 15.4 Å². The molecule has 0 aliphatic heterocycles. The summed E-state index contributed by atoms with van der Waals surface area (Å²) in [6.07, 6.45) is -0.595. The first-order valence-corrected chi connectivity index (χ1v) is 7.05. The third kappa shape index (κ3) is 2.56. The minimum absolute atomic E-state index is 0.0877. The van der Waals surface area contributed by atoms with Gasteiger partial charge in [0.25, 0.3) is 0 Å². The monoisotopic (exact) mass is 268 g/mol. The number of aliphatic hydroxyl groups excluding tert-OH is 1. The molecule has 0 radical (unpaired) electrons. The van der Waals surface area contributed by atoms with Crippen LogP contribution in [0.2, 0.25) is 0 Å². The summed E-state index contributed by atoms with van der Waals surface area (Å²) in [5.41, 5.74) is 0.802. The van der Waals surface area contributed by atoms with Crippen molar-refractivity contribution in [3.05, 3.63) is 32.5 Å². The molecule has 2 rings (SSSR count). The molecule has 2 aromatic heterocycles. The zero-order valence-electron chi connectivity index (χ0n) is 10.4. The van der Waals surface area contributed by atoms with Crippen molar-refractivity contribution in [2.45, 2.75) is 39.2 Å². The molecule has 1 N–H and O–H groups in total. The van der Waals surface area contributed by atoms with Crippen molar-refractivity contribution < 1.29 is 5.11 Å². The van der Waals surface area contributed by atoms with Crippen LogP contribution in [0.25, 0.3) is 0 Å². The Morgan fingerprint density at radius 3 is 2.53 bits per heavy atom. The quantitative estimate of drug-likeness (QED) is 0.909. The van der Waals surface area contributed by atoms with Gasteiger partial charge in [0.05, 0.1) is 10.6 Å². The number of aromatic nitrogens is 2. The maximum absolute atomic E-state index is 10.4. The van der Waals surface area contributed by atoms with Gasteiger partial charge < -0.3 is 5.11 Å². The Balaban J connectivity index is 2.38. The second-order valence-corrected chi connectivity index (χ2v) is 7.19. The Kier molecular flexibility index (Phi) is 3.34. The molecule has 0 bridgehead atoms. The minimum Gasteiger partial charge on any atom is -0.382 e. The fourth-order valence-corrected chi connectivity index (χ4v) is 3.45. The predicted octanol–water partition coefficient (Wildman–Crippen LogP) is 3.29. The lowest BCUT2D eigenvalue weighted by Gasteiger charge is -2.18. The van der Waals surface area contributed by atoms with E-state index in [-0.39, 0.29) is 5.41 Å². The first-order valence-electron chi connectivity index (χ1n) is 5.46. The third-order valence-electron chi connectivity index (χ3n) is 2.50. The third-order valence-corrected chi connectivity index (χ3v) is 4.33. The summed E-state index contributed by atoms with van der Waals surface area (Å²) in [4.78, 5) is 3.02. The lowest BCUT2D eigenvalue weighted by molar-refractivity contribution is 0.225. The van der Waals surface area contributed by atoms with Gasteiger partial charge in [-0.3, -0.25) is 0 Å². The molecule has 0 aliphatic rings. The average molecular weight is 268 g/mol. The summed E-state index contributed by atoms with van der Waals surface area (Å²) in [5.74, 6) is 0. The minimum atomic E-state index is -0.595. The first kappa shape index (κ1) is 12.7. The molecule has 0 amide bonds. The van der Waals surface area contributed by atoms with Gasteiger partial charge in [0.1, 0.15) is 6.10 Å². The van der Waals surface area contributed by atoms with Crippen LogP contribution in [0, 0.1) is 6.92 Å². The van der Waals surface area contributed by atoms with Gasteiger partial charge >= 0.3 is 0 Å².